The van der Waals surface area contributed by atoms with Gasteiger partial charge in [0.2, 0.25) is 5.91 Å². The molecule has 7 nitrogen and oxygen atoms in total. The number of anilines is 2. The van der Waals surface area contributed by atoms with Crippen LogP contribution in [-0.2, 0) is 11.3 Å². The molecule has 0 saturated heterocycles. The lowest BCUT2D eigenvalue weighted by Gasteiger charge is -2.14. The molecule has 1 heterocycles. The Morgan fingerprint density at radius 2 is 2.03 bits per heavy atom. The van der Waals surface area contributed by atoms with E-state index in [1.165, 1.54) is 11.8 Å². The Morgan fingerprint density at radius 1 is 1.23 bits per heavy atom. The van der Waals surface area contributed by atoms with E-state index in [0.29, 0.717) is 23.1 Å². The molecular formula is C22H25N5O2S. The van der Waals surface area contributed by atoms with Crippen LogP contribution in [0.15, 0.2) is 66.3 Å². The van der Waals surface area contributed by atoms with Gasteiger partial charge in [-0.25, -0.2) is 0 Å². The van der Waals surface area contributed by atoms with E-state index in [2.05, 4.69) is 28.2 Å². The van der Waals surface area contributed by atoms with Crippen LogP contribution in [0.4, 0.5) is 11.4 Å². The third kappa shape index (κ3) is 5.21. The number of hydrogen-bond acceptors (Lipinski definition) is 6. The van der Waals surface area contributed by atoms with Crippen LogP contribution in [0.3, 0.4) is 0 Å². The highest BCUT2D eigenvalue weighted by molar-refractivity contribution is 7.99. The predicted octanol–water partition coefficient (Wildman–Crippen LogP) is 3.94. The molecule has 1 aromatic heterocycles. The highest BCUT2D eigenvalue weighted by Crippen LogP contribution is 2.27. The van der Waals surface area contributed by atoms with Gasteiger partial charge in [0.15, 0.2) is 11.0 Å². The summed E-state index contributed by atoms with van der Waals surface area (Å²) in [4.78, 5) is 14.4. The summed E-state index contributed by atoms with van der Waals surface area (Å²) in [5.41, 5.74) is 2.73. The van der Waals surface area contributed by atoms with Gasteiger partial charge in [0.05, 0.1) is 12.9 Å². The van der Waals surface area contributed by atoms with Gasteiger partial charge in [-0.3, -0.25) is 9.36 Å². The lowest BCUT2D eigenvalue weighted by molar-refractivity contribution is -0.113. The van der Waals surface area contributed by atoms with Gasteiger partial charge in [0.1, 0.15) is 5.75 Å². The van der Waals surface area contributed by atoms with Crippen LogP contribution < -0.4 is 15.0 Å². The highest BCUT2D eigenvalue weighted by atomic mass is 32.2. The summed E-state index contributed by atoms with van der Waals surface area (Å²) < 4.78 is 7.15. The Morgan fingerprint density at radius 3 is 2.77 bits per heavy atom. The van der Waals surface area contributed by atoms with Crippen LogP contribution in [0.2, 0.25) is 0 Å². The summed E-state index contributed by atoms with van der Waals surface area (Å²) in [6.45, 7) is 4.39. The van der Waals surface area contributed by atoms with E-state index >= 15 is 0 Å². The third-order valence-electron chi connectivity index (χ3n) is 4.34. The normalized spacial score (nSPS) is 10.5. The maximum Gasteiger partial charge on any atom is 0.234 e. The predicted molar refractivity (Wildman–Crippen MR) is 122 cm³/mol. The zero-order chi connectivity index (χ0) is 21.5. The Hall–Kier alpha value is -3.26. The second kappa shape index (κ2) is 9.98. The van der Waals surface area contributed by atoms with Crippen LogP contribution in [0.5, 0.6) is 5.75 Å². The van der Waals surface area contributed by atoms with E-state index in [4.69, 9.17) is 4.74 Å². The number of amides is 1. The fourth-order valence-electron chi connectivity index (χ4n) is 2.85. The van der Waals surface area contributed by atoms with Crippen LogP contribution in [0, 0.1) is 0 Å². The van der Waals surface area contributed by atoms with E-state index in [1.807, 2.05) is 60.0 Å². The molecule has 156 valence electrons. The lowest BCUT2D eigenvalue weighted by Crippen LogP contribution is -2.14. The van der Waals surface area contributed by atoms with Crippen molar-refractivity contribution >= 4 is 29.0 Å². The molecule has 30 heavy (non-hydrogen) atoms. The molecule has 0 aliphatic heterocycles. The van der Waals surface area contributed by atoms with Crippen molar-refractivity contribution in [2.75, 3.05) is 37.2 Å². The molecule has 0 bridgehead atoms. The lowest BCUT2D eigenvalue weighted by atomic mass is 10.2. The van der Waals surface area contributed by atoms with E-state index in [-0.39, 0.29) is 11.7 Å². The molecule has 0 atom stereocenters. The van der Waals surface area contributed by atoms with Crippen molar-refractivity contribution in [3.05, 3.63) is 61.2 Å². The number of allylic oxidation sites excluding steroid dienone is 1. The molecule has 3 aromatic rings. The number of carbonyl (C=O) groups excluding carboxylic acids is 1. The van der Waals surface area contributed by atoms with E-state index < -0.39 is 0 Å². The van der Waals surface area contributed by atoms with Gasteiger partial charge in [-0.05, 0) is 24.3 Å². The van der Waals surface area contributed by atoms with Crippen molar-refractivity contribution in [3.8, 4) is 17.1 Å². The summed E-state index contributed by atoms with van der Waals surface area (Å²) >= 11 is 1.34. The van der Waals surface area contributed by atoms with E-state index in [9.17, 15) is 4.79 Å². The first-order valence-electron chi connectivity index (χ1n) is 9.40. The zero-order valence-corrected chi connectivity index (χ0v) is 18.1. The Kier molecular flexibility index (Phi) is 7.13. The van der Waals surface area contributed by atoms with Gasteiger partial charge < -0.3 is 15.0 Å². The number of nitrogens with zero attached hydrogens (tertiary/aromatic N) is 4. The summed E-state index contributed by atoms with van der Waals surface area (Å²) in [6.07, 6.45) is 1.79. The molecule has 2 aromatic carbocycles. The number of methoxy groups -OCH3 is 1. The number of hydrogen-bond donors (Lipinski definition) is 1. The summed E-state index contributed by atoms with van der Waals surface area (Å²) in [7, 11) is 5.58. The maximum absolute atomic E-state index is 12.4. The average molecular weight is 424 g/mol. The van der Waals surface area contributed by atoms with Gasteiger partial charge >= 0.3 is 0 Å². The first-order chi connectivity index (χ1) is 14.5. The van der Waals surface area contributed by atoms with Gasteiger partial charge in [-0.1, -0.05) is 36.0 Å². The number of carbonyl (C=O) groups is 1. The SMILES string of the molecule is C=CCn1c(SCC(=O)Nc2cccc(OC)c2)nnc1-c1cccc(N(C)C)c1. The van der Waals surface area contributed by atoms with Gasteiger partial charge in [-0.2, -0.15) is 0 Å². The number of aromatic nitrogens is 3. The molecule has 0 aliphatic rings. The number of nitrogens with one attached hydrogen (secondary N) is 1. The fraction of sp³-hybridized carbons (Fsp3) is 0.227. The van der Waals surface area contributed by atoms with Crippen molar-refractivity contribution < 1.29 is 9.53 Å². The quantitative estimate of drug-likeness (QED) is 0.415. The molecule has 0 saturated carbocycles. The van der Waals surface area contributed by atoms with Crippen molar-refractivity contribution in [1.29, 1.82) is 0 Å². The topological polar surface area (TPSA) is 72.3 Å². The Bertz CT molecular complexity index is 1030. The second-order valence-electron chi connectivity index (χ2n) is 6.72. The van der Waals surface area contributed by atoms with Gasteiger partial charge in [0, 0.05) is 43.6 Å². The maximum atomic E-state index is 12.4. The number of thioether (sulfide) groups is 1. The minimum atomic E-state index is -0.127. The Balaban J connectivity index is 1.74. The van der Waals surface area contributed by atoms with Crippen LogP contribution in [0.1, 0.15) is 0 Å². The molecule has 1 amide bonds. The molecule has 8 heteroatoms. The van der Waals surface area contributed by atoms with Crippen LogP contribution in [0.25, 0.3) is 11.4 Å². The highest BCUT2D eigenvalue weighted by Gasteiger charge is 2.15. The Labute approximate surface area is 180 Å². The molecular weight excluding hydrogens is 398 g/mol. The van der Waals surface area contributed by atoms with Crippen LogP contribution in [-0.4, -0.2) is 47.6 Å². The first kappa shape index (κ1) is 21.4. The average Bonchev–Trinajstić information content (AvgIpc) is 3.15. The van der Waals surface area contributed by atoms with Crippen molar-refractivity contribution in [3.63, 3.8) is 0 Å². The second-order valence-corrected chi connectivity index (χ2v) is 7.66. The molecule has 0 fully saturated rings. The van der Waals surface area contributed by atoms with Gasteiger partial charge in [-0.15, -0.1) is 16.8 Å². The number of benzene rings is 2. The summed E-state index contributed by atoms with van der Waals surface area (Å²) in [5.74, 6) is 1.52. The largest absolute Gasteiger partial charge is 0.497 e. The molecule has 3 rings (SSSR count). The van der Waals surface area contributed by atoms with E-state index in [1.54, 1.807) is 19.3 Å². The first-order valence-corrected chi connectivity index (χ1v) is 10.4. The fourth-order valence-corrected chi connectivity index (χ4v) is 3.60. The third-order valence-corrected chi connectivity index (χ3v) is 5.30. The monoisotopic (exact) mass is 423 g/mol. The molecule has 1 N–H and O–H groups in total. The number of ether oxygens (including phenoxy) is 1. The summed E-state index contributed by atoms with van der Waals surface area (Å²) in [5, 5.41) is 12.2. The smallest absolute Gasteiger partial charge is 0.234 e. The van der Waals surface area contributed by atoms with Crippen LogP contribution >= 0.6 is 11.8 Å². The molecule has 0 spiro atoms. The van der Waals surface area contributed by atoms with Crippen molar-refractivity contribution in [2.24, 2.45) is 0 Å². The standard InChI is InChI=1S/C22H25N5O2S/c1-5-12-27-21(16-8-6-10-18(13-16)26(2)3)24-25-22(27)30-15-20(28)23-17-9-7-11-19(14-17)29-4/h5-11,13-14H,1,12,15H2,2-4H3,(H,23,28). The molecule has 0 radical (unpaired) electrons. The zero-order valence-electron chi connectivity index (χ0n) is 17.3. The van der Waals surface area contributed by atoms with Crippen molar-refractivity contribution in [2.45, 2.75) is 11.7 Å². The minimum Gasteiger partial charge on any atom is -0.497 e. The number of rotatable bonds is 9. The molecule has 0 aliphatic carbocycles. The summed E-state index contributed by atoms with van der Waals surface area (Å²) in [6, 6.07) is 15.3. The van der Waals surface area contributed by atoms with Gasteiger partial charge in [0.25, 0.3) is 0 Å². The molecule has 0 unspecified atom stereocenters. The van der Waals surface area contributed by atoms with Crippen molar-refractivity contribution in [1.82, 2.24) is 14.8 Å². The minimum absolute atomic E-state index is 0.127. The van der Waals surface area contributed by atoms with E-state index in [0.717, 1.165) is 17.1 Å².